The van der Waals surface area contributed by atoms with E-state index in [4.69, 9.17) is 9.47 Å². The van der Waals surface area contributed by atoms with E-state index < -0.39 is 0 Å². The molecule has 0 bridgehead atoms. The molecule has 3 heterocycles. The van der Waals surface area contributed by atoms with Crippen molar-refractivity contribution in [2.45, 2.75) is 51.2 Å². The van der Waals surface area contributed by atoms with Crippen molar-refractivity contribution < 1.29 is 18.7 Å². The van der Waals surface area contributed by atoms with Crippen LogP contribution in [0.2, 0.25) is 0 Å². The number of hydrogen-bond acceptors (Lipinski definition) is 4. The van der Waals surface area contributed by atoms with Crippen LogP contribution in [0.15, 0.2) is 36.5 Å². The smallest absolute Gasteiger partial charge is 0.244 e. The number of piperidine rings is 1. The van der Waals surface area contributed by atoms with E-state index in [9.17, 15) is 9.18 Å². The molecule has 2 fully saturated rings. The van der Waals surface area contributed by atoms with E-state index in [1.807, 2.05) is 24.1 Å². The lowest BCUT2D eigenvalue weighted by Gasteiger charge is -2.46. The molecule has 1 spiro atoms. The minimum Gasteiger partial charge on any atom is -0.494 e. The number of likely N-dealkylation sites (tertiary alicyclic amines) is 1. The van der Waals surface area contributed by atoms with Gasteiger partial charge in [0, 0.05) is 25.9 Å². The molecule has 0 aliphatic carbocycles. The first kappa shape index (κ1) is 20.8. The summed E-state index contributed by atoms with van der Waals surface area (Å²) in [5.41, 5.74) is 0.808. The minimum absolute atomic E-state index is 0.113. The number of rotatable bonds is 6. The summed E-state index contributed by atoms with van der Waals surface area (Å²) in [6.45, 7) is 5.08. The monoisotopic (exact) mass is 415 g/mol. The van der Waals surface area contributed by atoms with Gasteiger partial charge in [-0.1, -0.05) is 0 Å². The van der Waals surface area contributed by atoms with Crippen molar-refractivity contribution in [3.05, 3.63) is 48.0 Å². The third kappa shape index (κ3) is 5.19. The molecular formula is C23H30FN3O3. The van der Waals surface area contributed by atoms with Crippen LogP contribution < -0.4 is 4.74 Å². The average molecular weight is 416 g/mol. The molecule has 4 rings (SSSR count). The van der Waals surface area contributed by atoms with Gasteiger partial charge in [0.1, 0.15) is 18.1 Å². The Balaban J connectivity index is 1.23. The fourth-order valence-electron chi connectivity index (χ4n) is 4.55. The maximum absolute atomic E-state index is 13.0. The number of hydrogen-bond donors (Lipinski definition) is 0. The summed E-state index contributed by atoms with van der Waals surface area (Å²) >= 11 is 0. The maximum Gasteiger partial charge on any atom is 0.244 e. The molecule has 0 radical (unpaired) electrons. The summed E-state index contributed by atoms with van der Waals surface area (Å²) in [5, 5.41) is 4.31. The fraction of sp³-hybridized carbons (Fsp3) is 0.565. The maximum atomic E-state index is 13.0. The molecule has 1 aromatic heterocycles. The molecule has 0 saturated carbocycles. The standard InChI is InChI=1S/C23H30FN3O3/c1-18-6-11-27(25-18)17-22(28)26-12-9-23(10-13-26)16-19(8-15-30-23)7-14-29-21-4-2-20(24)3-5-21/h2-6,11,19H,7-10,12-17H2,1H3. The van der Waals surface area contributed by atoms with Gasteiger partial charge in [0.2, 0.25) is 5.91 Å². The van der Waals surface area contributed by atoms with Gasteiger partial charge in [-0.15, -0.1) is 0 Å². The zero-order chi connectivity index (χ0) is 21.0. The van der Waals surface area contributed by atoms with Gasteiger partial charge in [-0.05, 0) is 75.3 Å². The Labute approximate surface area is 177 Å². The van der Waals surface area contributed by atoms with E-state index in [-0.39, 0.29) is 17.3 Å². The average Bonchev–Trinajstić information content (AvgIpc) is 3.15. The highest BCUT2D eigenvalue weighted by Gasteiger charge is 2.41. The highest BCUT2D eigenvalue weighted by molar-refractivity contribution is 5.76. The summed E-state index contributed by atoms with van der Waals surface area (Å²) in [4.78, 5) is 14.5. The van der Waals surface area contributed by atoms with Crippen LogP contribution in [-0.2, 0) is 16.1 Å². The number of amides is 1. The third-order valence-corrected chi connectivity index (χ3v) is 6.30. The second kappa shape index (κ2) is 9.16. The molecule has 6 nitrogen and oxygen atoms in total. The Bertz CT molecular complexity index is 844. The van der Waals surface area contributed by atoms with Gasteiger partial charge in [-0.25, -0.2) is 4.39 Å². The first-order chi connectivity index (χ1) is 14.5. The summed E-state index contributed by atoms with van der Waals surface area (Å²) in [5.74, 6) is 1.12. The van der Waals surface area contributed by atoms with Gasteiger partial charge < -0.3 is 14.4 Å². The molecule has 2 aromatic rings. The van der Waals surface area contributed by atoms with E-state index >= 15 is 0 Å². The number of benzene rings is 1. The number of halogens is 1. The molecular weight excluding hydrogens is 385 g/mol. The normalized spacial score (nSPS) is 21.0. The van der Waals surface area contributed by atoms with Gasteiger partial charge in [-0.3, -0.25) is 9.48 Å². The van der Waals surface area contributed by atoms with Crippen molar-refractivity contribution in [1.29, 1.82) is 0 Å². The van der Waals surface area contributed by atoms with Crippen LogP contribution in [-0.4, -0.2) is 52.5 Å². The topological polar surface area (TPSA) is 56.6 Å². The number of ether oxygens (including phenoxy) is 2. The first-order valence-corrected chi connectivity index (χ1v) is 10.8. The van der Waals surface area contributed by atoms with Crippen LogP contribution in [0, 0.1) is 18.7 Å². The lowest BCUT2D eigenvalue weighted by atomic mass is 9.78. The van der Waals surface area contributed by atoms with E-state index in [1.54, 1.807) is 16.8 Å². The fourth-order valence-corrected chi connectivity index (χ4v) is 4.55. The Morgan fingerprint density at radius 1 is 1.27 bits per heavy atom. The Morgan fingerprint density at radius 3 is 2.73 bits per heavy atom. The number of aromatic nitrogens is 2. The van der Waals surface area contributed by atoms with Gasteiger partial charge in [0.15, 0.2) is 0 Å². The lowest BCUT2D eigenvalue weighted by Crippen LogP contribution is -2.51. The molecule has 7 heteroatoms. The van der Waals surface area contributed by atoms with Gasteiger partial charge in [0.25, 0.3) is 0 Å². The molecule has 2 saturated heterocycles. The largest absolute Gasteiger partial charge is 0.494 e. The summed E-state index contributed by atoms with van der Waals surface area (Å²) in [6, 6.07) is 8.08. The summed E-state index contributed by atoms with van der Waals surface area (Å²) in [6.07, 6.45) is 6.62. The van der Waals surface area contributed by atoms with Gasteiger partial charge in [-0.2, -0.15) is 5.10 Å². The number of carbonyl (C=O) groups excluding carboxylic acids is 1. The van der Waals surface area contributed by atoms with Crippen LogP contribution in [0.5, 0.6) is 5.75 Å². The van der Waals surface area contributed by atoms with Crippen molar-refractivity contribution in [3.63, 3.8) is 0 Å². The Hall–Kier alpha value is -2.41. The SMILES string of the molecule is Cc1ccn(CC(=O)N2CCC3(CC2)CC(CCOc2ccc(F)cc2)CCO3)n1. The van der Waals surface area contributed by atoms with E-state index in [0.29, 0.717) is 24.8 Å². The quantitative estimate of drug-likeness (QED) is 0.724. The molecule has 1 atom stereocenters. The zero-order valence-corrected chi connectivity index (χ0v) is 17.6. The molecule has 1 aromatic carbocycles. The van der Waals surface area contributed by atoms with E-state index in [2.05, 4.69) is 5.10 Å². The molecule has 1 amide bonds. The number of aryl methyl sites for hydroxylation is 1. The molecule has 30 heavy (non-hydrogen) atoms. The second-order valence-corrected chi connectivity index (χ2v) is 8.52. The minimum atomic E-state index is -0.252. The second-order valence-electron chi connectivity index (χ2n) is 8.52. The van der Waals surface area contributed by atoms with Crippen molar-refractivity contribution in [2.75, 3.05) is 26.3 Å². The van der Waals surface area contributed by atoms with Crippen LogP contribution in [0.4, 0.5) is 4.39 Å². The predicted molar refractivity (Wildman–Crippen MR) is 111 cm³/mol. The molecule has 162 valence electrons. The summed E-state index contributed by atoms with van der Waals surface area (Å²) < 4.78 is 26.7. The van der Waals surface area contributed by atoms with Crippen molar-refractivity contribution >= 4 is 5.91 Å². The molecule has 2 aliphatic rings. The Morgan fingerprint density at radius 2 is 2.03 bits per heavy atom. The first-order valence-electron chi connectivity index (χ1n) is 10.8. The predicted octanol–water partition coefficient (Wildman–Crippen LogP) is 3.59. The lowest BCUT2D eigenvalue weighted by molar-refractivity contribution is -0.148. The van der Waals surface area contributed by atoms with Crippen molar-refractivity contribution in [1.82, 2.24) is 14.7 Å². The number of carbonyl (C=O) groups is 1. The van der Waals surface area contributed by atoms with Crippen molar-refractivity contribution in [2.24, 2.45) is 5.92 Å². The van der Waals surface area contributed by atoms with Crippen LogP contribution >= 0.6 is 0 Å². The molecule has 1 unspecified atom stereocenters. The van der Waals surface area contributed by atoms with E-state index in [0.717, 1.165) is 57.5 Å². The summed E-state index contributed by atoms with van der Waals surface area (Å²) in [7, 11) is 0. The van der Waals surface area contributed by atoms with Gasteiger partial charge >= 0.3 is 0 Å². The number of nitrogens with zero attached hydrogens (tertiary/aromatic N) is 3. The van der Waals surface area contributed by atoms with E-state index in [1.165, 1.54) is 12.1 Å². The zero-order valence-electron chi connectivity index (χ0n) is 17.6. The highest BCUT2D eigenvalue weighted by Crippen LogP contribution is 2.38. The van der Waals surface area contributed by atoms with Crippen LogP contribution in [0.1, 0.15) is 37.8 Å². The van der Waals surface area contributed by atoms with Crippen LogP contribution in [0.25, 0.3) is 0 Å². The highest BCUT2D eigenvalue weighted by atomic mass is 19.1. The van der Waals surface area contributed by atoms with Crippen LogP contribution in [0.3, 0.4) is 0 Å². The van der Waals surface area contributed by atoms with Gasteiger partial charge in [0.05, 0.1) is 17.9 Å². The third-order valence-electron chi connectivity index (χ3n) is 6.30. The molecule has 0 N–H and O–H groups in total. The Kier molecular flexibility index (Phi) is 6.37. The van der Waals surface area contributed by atoms with Crippen molar-refractivity contribution in [3.8, 4) is 5.75 Å². The molecule has 2 aliphatic heterocycles.